The van der Waals surface area contributed by atoms with Gasteiger partial charge in [-0.05, 0) is 31.2 Å². The van der Waals surface area contributed by atoms with Crippen molar-refractivity contribution in [3.63, 3.8) is 0 Å². The Labute approximate surface area is 96.5 Å². The van der Waals surface area contributed by atoms with Gasteiger partial charge in [-0.15, -0.1) is 11.3 Å². The average Bonchev–Trinajstić information content (AvgIpc) is 2.82. The molecule has 0 spiro atoms. The van der Waals surface area contributed by atoms with Crippen molar-refractivity contribution in [3.8, 4) is 10.6 Å². The van der Waals surface area contributed by atoms with Crippen molar-refractivity contribution in [2.75, 3.05) is 5.73 Å². The van der Waals surface area contributed by atoms with Gasteiger partial charge in [0.2, 0.25) is 0 Å². The van der Waals surface area contributed by atoms with Gasteiger partial charge in [0, 0.05) is 5.69 Å². The van der Waals surface area contributed by atoms with E-state index in [1.807, 2.05) is 31.2 Å². The van der Waals surface area contributed by atoms with Crippen LogP contribution in [0.15, 0.2) is 34.9 Å². The van der Waals surface area contributed by atoms with Crippen LogP contribution in [0.2, 0.25) is 0 Å². The number of nitrogen functional groups attached to an aromatic ring is 1. The molecule has 0 saturated heterocycles. The first kappa shape index (κ1) is 9.42. The molecule has 3 aromatic rings. The number of nitrogens with zero attached hydrogens (tertiary/aromatic N) is 1. The summed E-state index contributed by atoms with van der Waals surface area (Å²) < 4.78 is 6.39. The molecule has 1 aromatic carbocycles. The van der Waals surface area contributed by atoms with Gasteiger partial charge in [0.1, 0.15) is 10.8 Å². The van der Waals surface area contributed by atoms with E-state index in [0.717, 1.165) is 32.2 Å². The van der Waals surface area contributed by atoms with E-state index in [9.17, 15) is 0 Å². The zero-order valence-corrected chi connectivity index (χ0v) is 9.54. The molecule has 2 aromatic heterocycles. The van der Waals surface area contributed by atoms with Gasteiger partial charge < -0.3 is 10.2 Å². The van der Waals surface area contributed by atoms with Gasteiger partial charge in [-0.3, -0.25) is 0 Å². The highest BCUT2D eigenvalue weighted by Gasteiger charge is 2.10. The summed E-state index contributed by atoms with van der Waals surface area (Å²) in [6.45, 7) is 1.94. The molecule has 3 rings (SSSR count). The Morgan fingerprint density at radius 2 is 2.19 bits per heavy atom. The summed E-state index contributed by atoms with van der Waals surface area (Å²) >= 11 is 1.63. The highest BCUT2D eigenvalue weighted by atomic mass is 32.1. The van der Waals surface area contributed by atoms with E-state index in [0.29, 0.717) is 0 Å². The fraction of sp³-hybridized carbons (Fsp3) is 0.0833. The third-order valence-electron chi connectivity index (χ3n) is 2.50. The molecule has 0 bridgehead atoms. The molecule has 0 atom stereocenters. The predicted molar refractivity (Wildman–Crippen MR) is 66.5 cm³/mol. The maximum atomic E-state index is 5.74. The minimum Gasteiger partial charge on any atom is -0.469 e. The first-order valence-electron chi connectivity index (χ1n) is 4.94. The zero-order valence-electron chi connectivity index (χ0n) is 8.73. The van der Waals surface area contributed by atoms with Crippen LogP contribution in [0.3, 0.4) is 0 Å². The first-order valence-corrected chi connectivity index (χ1v) is 5.76. The molecule has 0 fully saturated rings. The number of benzene rings is 1. The standard InChI is InChI=1S/C12H10N2OS/c1-7-9(4-5-15-7)12-14-10-3-2-8(13)6-11(10)16-12/h2-6H,13H2,1H3. The number of thiazole rings is 1. The van der Waals surface area contributed by atoms with Gasteiger partial charge in [-0.2, -0.15) is 0 Å². The van der Waals surface area contributed by atoms with Crippen molar-refractivity contribution in [1.82, 2.24) is 4.98 Å². The van der Waals surface area contributed by atoms with Crippen molar-refractivity contribution in [2.45, 2.75) is 6.92 Å². The topological polar surface area (TPSA) is 52.0 Å². The van der Waals surface area contributed by atoms with Crippen LogP contribution in [-0.2, 0) is 0 Å². The molecular weight excluding hydrogens is 220 g/mol. The lowest BCUT2D eigenvalue weighted by atomic mass is 10.3. The Bertz CT molecular complexity index is 654. The highest BCUT2D eigenvalue weighted by molar-refractivity contribution is 7.21. The van der Waals surface area contributed by atoms with Gasteiger partial charge in [0.15, 0.2) is 0 Å². The van der Waals surface area contributed by atoms with E-state index in [-0.39, 0.29) is 0 Å². The number of rotatable bonds is 1. The van der Waals surface area contributed by atoms with E-state index >= 15 is 0 Å². The van der Waals surface area contributed by atoms with Crippen molar-refractivity contribution in [1.29, 1.82) is 0 Å². The summed E-state index contributed by atoms with van der Waals surface area (Å²) in [4.78, 5) is 4.56. The Morgan fingerprint density at radius 1 is 1.31 bits per heavy atom. The summed E-state index contributed by atoms with van der Waals surface area (Å²) in [7, 11) is 0. The number of anilines is 1. The molecule has 0 unspecified atom stereocenters. The second-order valence-electron chi connectivity index (χ2n) is 3.64. The molecule has 0 aliphatic carbocycles. The number of aryl methyl sites for hydroxylation is 1. The van der Waals surface area contributed by atoms with E-state index < -0.39 is 0 Å². The average molecular weight is 230 g/mol. The lowest BCUT2D eigenvalue weighted by Crippen LogP contribution is -1.81. The maximum absolute atomic E-state index is 5.74. The van der Waals surface area contributed by atoms with E-state index in [4.69, 9.17) is 10.2 Å². The van der Waals surface area contributed by atoms with Crippen LogP contribution in [0.4, 0.5) is 5.69 Å². The Morgan fingerprint density at radius 3 is 2.94 bits per heavy atom. The van der Waals surface area contributed by atoms with Crippen LogP contribution in [0.1, 0.15) is 5.76 Å². The second-order valence-corrected chi connectivity index (χ2v) is 4.67. The molecule has 0 radical (unpaired) electrons. The summed E-state index contributed by atoms with van der Waals surface area (Å²) in [5, 5.41) is 0.979. The van der Waals surface area contributed by atoms with Crippen molar-refractivity contribution in [3.05, 3.63) is 36.3 Å². The summed E-state index contributed by atoms with van der Waals surface area (Å²) in [6.07, 6.45) is 1.69. The quantitative estimate of drug-likeness (QED) is 0.651. The number of nitrogens with two attached hydrogens (primary N) is 1. The minimum absolute atomic E-state index is 0.770. The molecule has 16 heavy (non-hydrogen) atoms. The minimum atomic E-state index is 0.770. The molecular formula is C12H10N2OS. The van der Waals surface area contributed by atoms with Crippen LogP contribution in [0, 0.1) is 6.92 Å². The Hall–Kier alpha value is -1.81. The third-order valence-corrected chi connectivity index (χ3v) is 3.55. The lowest BCUT2D eigenvalue weighted by Gasteiger charge is -1.89. The third kappa shape index (κ3) is 1.39. The van der Waals surface area contributed by atoms with Crippen LogP contribution in [-0.4, -0.2) is 4.98 Å². The molecule has 0 aliphatic rings. The van der Waals surface area contributed by atoms with Gasteiger partial charge in [0.25, 0.3) is 0 Å². The molecule has 80 valence electrons. The molecule has 0 saturated carbocycles. The first-order chi connectivity index (χ1) is 7.74. The summed E-state index contributed by atoms with van der Waals surface area (Å²) in [5.41, 5.74) is 8.55. The summed E-state index contributed by atoms with van der Waals surface area (Å²) in [6, 6.07) is 7.70. The second kappa shape index (κ2) is 3.35. The molecule has 0 amide bonds. The molecule has 2 heterocycles. The molecule has 4 heteroatoms. The zero-order chi connectivity index (χ0) is 11.1. The van der Waals surface area contributed by atoms with Crippen LogP contribution in [0.5, 0.6) is 0 Å². The van der Waals surface area contributed by atoms with E-state index in [1.54, 1.807) is 17.6 Å². The maximum Gasteiger partial charge on any atom is 0.128 e. The molecule has 2 N–H and O–H groups in total. The van der Waals surface area contributed by atoms with Crippen molar-refractivity contribution in [2.24, 2.45) is 0 Å². The summed E-state index contributed by atoms with van der Waals surface area (Å²) in [5.74, 6) is 0.895. The molecule has 3 nitrogen and oxygen atoms in total. The normalized spacial score (nSPS) is 11.1. The van der Waals surface area contributed by atoms with Crippen LogP contribution >= 0.6 is 11.3 Å². The lowest BCUT2D eigenvalue weighted by molar-refractivity contribution is 0.535. The van der Waals surface area contributed by atoms with Crippen molar-refractivity contribution >= 4 is 27.2 Å². The van der Waals surface area contributed by atoms with Gasteiger partial charge in [-0.1, -0.05) is 0 Å². The van der Waals surface area contributed by atoms with Crippen LogP contribution < -0.4 is 5.73 Å². The largest absolute Gasteiger partial charge is 0.469 e. The highest BCUT2D eigenvalue weighted by Crippen LogP contribution is 2.33. The van der Waals surface area contributed by atoms with Crippen LogP contribution in [0.25, 0.3) is 20.8 Å². The number of hydrogen-bond acceptors (Lipinski definition) is 4. The van der Waals surface area contributed by atoms with Crippen molar-refractivity contribution < 1.29 is 4.42 Å². The fourth-order valence-electron chi connectivity index (χ4n) is 1.66. The van der Waals surface area contributed by atoms with Gasteiger partial charge >= 0.3 is 0 Å². The van der Waals surface area contributed by atoms with E-state index in [2.05, 4.69) is 4.98 Å². The number of furan rings is 1. The SMILES string of the molecule is Cc1occc1-c1nc2ccc(N)cc2s1. The molecule has 0 aliphatic heterocycles. The predicted octanol–water partition coefficient (Wildman–Crippen LogP) is 3.45. The smallest absolute Gasteiger partial charge is 0.128 e. The van der Waals surface area contributed by atoms with Gasteiger partial charge in [0.05, 0.1) is 22.0 Å². The number of fused-ring (bicyclic) bond motifs is 1. The van der Waals surface area contributed by atoms with Gasteiger partial charge in [-0.25, -0.2) is 4.98 Å². The Balaban J connectivity index is 2.23. The fourth-order valence-corrected chi connectivity index (χ4v) is 2.75. The number of aromatic nitrogens is 1. The number of hydrogen-bond donors (Lipinski definition) is 1. The Kier molecular flexibility index (Phi) is 1.97. The van der Waals surface area contributed by atoms with E-state index in [1.165, 1.54) is 0 Å². The monoisotopic (exact) mass is 230 g/mol.